The molecule has 1 amide bonds. The number of thioether (sulfide) groups is 1. The van der Waals surface area contributed by atoms with Gasteiger partial charge in [-0.2, -0.15) is 0 Å². The Kier molecular flexibility index (Phi) is 4.12. The third kappa shape index (κ3) is 2.45. The Balaban J connectivity index is 2.09. The zero-order valence-electron chi connectivity index (χ0n) is 14.3. The van der Waals surface area contributed by atoms with E-state index in [-0.39, 0.29) is 11.5 Å². The van der Waals surface area contributed by atoms with Crippen LogP contribution < -0.4 is 15.1 Å². The van der Waals surface area contributed by atoms with Gasteiger partial charge < -0.3 is 4.42 Å². The highest BCUT2D eigenvalue weighted by Gasteiger charge is 2.46. The minimum absolute atomic E-state index is 0.0789. The van der Waals surface area contributed by atoms with Gasteiger partial charge in [0, 0.05) is 11.5 Å². The van der Waals surface area contributed by atoms with Gasteiger partial charge in [-0.3, -0.25) is 14.6 Å². The number of benzene rings is 1. The van der Waals surface area contributed by atoms with Crippen LogP contribution in [0.3, 0.4) is 0 Å². The van der Waals surface area contributed by atoms with Crippen molar-refractivity contribution in [2.24, 2.45) is 0 Å². The molecule has 1 aliphatic heterocycles. The van der Waals surface area contributed by atoms with Crippen molar-refractivity contribution in [1.29, 1.82) is 0 Å². The predicted octanol–water partition coefficient (Wildman–Crippen LogP) is 2.34. The Bertz CT molecular complexity index is 1030. The molecule has 0 saturated heterocycles. The molecule has 1 atom stereocenters. The van der Waals surface area contributed by atoms with Crippen LogP contribution in [0.4, 0.5) is 5.69 Å². The summed E-state index contributed by atoms with van der Waals surface area (Å²) in [6.45, 7) is 1.81. The standard InChI is InChI=1S/C18H16N4O3S/c1-3-14(23)21-12-8-5-4-7-11(12)15-16(24)19-18(26-2)20-22(15)17(21)13-9-6-10-25-13/h4-10,17H,3H2,1-2H3/p+1. The first kappa shape index (κ1) is 16.6. The lowest BCUT2D eigenvalue weighted by atomic mass is 10.0. The van der Waals surface area contributed by atoms with Gasteiger partial charge in [-0.15, -0.1) is 0 Å². The zero-order valence-corrected chi connectivity index (χ0v) is 15.1. The summed E-state index contributed by atoms with van der Waals surface area (Å²) >= 11 is 1.33. The fraction of sp³-hybridized carbons (Fsp3) is 0.222. The lowest BCUT2D eigenvalue weighted by Gasteiger charge is -2.30. The molecule has 8 heteroatoms. The number of aromatic nitrogens is 3. The quantitative estimate of drug-likeness (QED) is 0.566. The number of carbonyl (C=O) groups is 1. The van der Waals surface area contributed by atoms with Crippen LogP contribution in [0.15, 0.2) is 57.0 Å². The van der Waals surface area contributed by atoms with Crippen LogP contribution in [0.25, 0.3) is 11.3 Å². The SMILES string of the molecule is CCC(=O)N1c2ccccc2-c2c(=O)[nH]c(SC)n[n+]2C1c1ccco1. The number of aromatic amines is 1. The lowest BCUT2D eigenvalue weighted by Crippen LogP contribution is -2.60. The molecule has 4 rings (SSSR count). The summed E-state index contributed by atoms with van der Waals surface area (Å²) < 4.78 is 7.19. The van der Waals surface area contributed by atoms with Crippen LogP contribution in [0, 0.1) is 0 Å². The molecular formula is C18H17N4O3S+. The monoisotopic (exact) mass is 369 g/mol. The maximum absolute atomic E-state index is 12.8. The summed E-state index contributed by atoms with van der Waals surface area (Å²) in [5.74, 6) is 0.461. The molecule has 1 aromatic carbocycles. The molecule has 0 aliphatic carbocycles. The summed E-state index contributed by atoms with van der Waals surface area (Å²) in [6, 6.07) is 10.9. The van der Waals surface area contributed by atoms with Crippen molar-refractivity contribution in [3.8, 4) is 11.3 Å². The van der Waals surface area contributed by atoms with Crippen molar-refractivity contribution in [2.45, 2.75) is 24.7 Å². The number of anilines is 1. The van der Waals surface area contributed by atoms with Crippen molar-refractivity contribution in [1.82, 2.24) is 10.1 Å². The average Bonchev–Trinajstić information content (AvgIpc) is 3.20. The van der Waals surface area contributed by atoms with E-state index in [2.05, 4.69) is 10.1 Å². The summed E-state index contributed by atoms with van der Waals surface area (Å²) in [5.41, 5.74) is 1.49. The van der Waals surface area contributed by atoms with Gasteiger partial charge in [0.1, 0.15) is 0 Å². The van der Waals surface area contributed by atoms with Crippen LogP contribution in [-0.2, 0) is 4.79 Å². The van der Waals surface area contributed by atoms with Gasteiger partial charge >= 0.3 is 17.4 Å². The minimum atomic E-state index is -0.657. The molecule has 0 spiro atoms. The third-order valence-corrected chi connectivity index (χ3v) is 4.89. The van der Waals surface area contributed by atoms with Gasteiger partial charge in [0.2, 0.25) is 11.1 Å². The Morgan fingerprint density at radius 3 is 2.85 bits per heavy atom. The van der Waals surface area contributed by atoms with Crippen LogP contribution in [0.5, 0.6) is 0 Å². The van der Waals surface area contributed by atoms with E-state index in [1.165, 1.54) is 11.8 Å². The second-order valence-electron chi connectivity index (χ2n) is 5.78. The number of carbonyl (C=O) groups excluding carboxylic acids is 1. The average molecular weight is 369 g/mol. The molecule has 0 saturated carbocycles. The fourth-order valence-corrected chi connectivity index (χ4v) is 3.56. The predicted molar refractivity (Wildman–Crippen MR) is 96.9 cm³/mol. The molecule has 1 aliphatic rings. The summed E-state index contributed by atoms with van der Waals surface area (Å²) in [6.07, 6.45) is 3.04. The normalized spacial score (nSPS) is 15.5. The number of H-pyrrole nitrogens is 1. The maximum Gasteiger partial charge on any atom is 0.325 e. The van der Waals surface area contributed by atoms with Gasteiger partial charge in [-0.1, -0.05) is 30.8 Å². The molecular weight excluding hydrogens is 352 g/mol. The number of amides is 1. The second kappa shape index (κ2) is 6.45. The number of furan rings is 1. The van der Waals surface area contributed by atoms with E-state index in [1.54, 1.807) is 28.0 Å². The molecule has 1 unspecified atom stereocenters. The van der Waals surface area contributed by atoms with Gasteiger partial charge in [0.05, 0.1) is 17.5 Å². The first-order chi connectivity index (χ1) is 12.7. The number of hydrogen-bond donors (Lipinski definition) is 1. The summed E-state index contributed by atoms with van der Waals surface area (Å²) in [7, 11) is 0. The minimum Gasteiger partial charge on any atom is -0.460 e. The van der Waals surface area contributed by atoms with Crippen molar-refractivity contribution >= 4 is 23.4 Å². The molecule has 7 nitrogen and oxygen atoms in total. The molecule has 26 heavy (non-hydrogen) atoms. The van der Waals surface area contributed by atoms with Crippen molar-refractivity contribution in [3.05, 3.63) is 58.8 Å². The van der Waals surface area contributed by atoms with E-state index in [9.17, 15) is 9.59 Å². The van der Waals surface area contributed by atoms with Crippen LogP contribution >= 0.6 is 11.8 Å². The summed E-state index contributed by atoms with van der Waals surface area (Å²) in [5, 5.41) is 5.04. The second-order valence-corrected chi connectivity index (χ2v) is 6.58. The number of hydrogen-bond acceptors (Lipinski definition) is 5. The highest BCUT2D eigenvalue weighted by atomic mass is 32.2. The Labute approximate surface area is 153 Å². The first-order valence-electron chi connectivity index (χ1n) is 8.20. The number of nitrogens with one attached hydrogen (secondary N) is 1. The number of fused-ring (bicyclic) bond motifs is 3. The zero-order chi connectivity index (χ0) is 18.3. The molecule has 1 N–H and O–H groups in total. The van der Waals surface area contributed by atoms with E-state index >= 15 is 0 Å². The number of rotatable bonds is 3. The molecule has 0 fully saturated rings. The van der Waals surface area contributed by atoms with Gasteiger partial charge in [-0.25, -0.2) is 4.90 Å². The third-order valence-electron chi connectivity index (χ3n) is 4.32. The van der Waals surface area contributed by atoms with E-state index < -0.39 is 6.17 Å². The largest absolute Gasteiger partial charge is 0.460 e. The fourth-order valence-electron chi connectivity index (χ4n) is 3.20. The molecule has 3 heterocycles. The number of nitrogens with zero attached hydrogens (tertiary/aromatic N) is 3. The smallest absolute Gasteiger partial charge is 0.325 e. The van der Waals surface area contributed by atoms with Crippen LogP contribution in [0.2, 0.25) is 0 Å². The highest BCUT2D eigenvalue weighted by molar-refractivity contribution is 7.98. The maximum atomic E-state index is 12.8. The van der Waals surface area contributed by atoms with Gasteiger partial charge in [0.15, 0.2) is 5.76 Å². The van der Waals surface area contributed by atoms with Crippen molar-refractivity contribution in [2.75, 3.05) is 11.2 Å². The molecule has 0 bridgehead atoms. The van der Waals surface area contributed by atoms with Crippen molar-refractivity contribution in [3.63, 3.8) is 0 Å². The Hall–Kier alpha value is -2.87. The number of para-hydroxylation sites is 1. The molecule has 3 aromatic rings. The van der Waals surface area contributed by atoms with Crippen LogP contribution in [0.1, 0.15) is 25.3 Å². The topological polar surface area (TPSA) is 83.1 Å². The molecule has 132 valence electrons. The molecule has 0 radical (unpaired) electrons. The van der Waals surface area contributed by atoms with Gasteiger partial charge in [-0.05, 0) is 35.2 Å². The van der Waals surface area contributed by atoms with Crippen molar-refractivity contribution < 1.29 is 13.9 Å². The van der Waals surface area contributed by atoms with E-state index in [0.29, 0.717) is 34.3 Å². The lowest BCUT2D eigenvalue weighted by molar-refractivity contribution is -0.764. The van der Waals surface area contributed by atoms with Crippen LogP contribution in [-0.4, -0.2) is 22.2 Å². The summed E-state index contributed by atoms with van der Waals surface area (Å²) in [4.78, 5) is 30.1. The van der Waals surface area contributed by atoms with Gasteiger partial charge in [0.25, 0.3) is 0 Å². The van der Waals surface area contributed by atoms with E-state index in [0.717, 1.165) is 0 Å². The first-order valence-corrected chi connectivity index (χ1v) is 9.43. The van der Waals surface area contributed by atoms with E-state index in [1.807, 2.05) is 37.4 Å². The molecule has 2 aromatic heterocycles. The van der Waals surface area contributed by atoms with E-state index in [4.69, 9.17) is 4.42 Å². The Morgan fingerprint density at radius 2 is 2.15 bits per heavy atom. The Morgan fingerprint density at radius 1 is 1.35 bits per heavy atom. The highest BCUT2D eigenvalue weighted by Crippen LogP contribution is 2.37.